The van der Waals surface area contributed by atoms with Gasteiger partial charge in [-0.05, 0) is 37.5 Å². The van der Waals surface area contributed by atoms with Crippen molar-refractivity contribution in [1.29, 1.82) is 5.26 Å². The smallest absolute Gasteiger partial charge is 0.338 e. The Morgan fingerprint density at radius 2 is 2.09 bits per heavy atom. The average Bonchev–Trinajstić information content (AvgIpc) is 2.49. The van der Waals surface area contributed by atoms with E-state index in [1.165, 1.54) is 19.1 Å². The third kappa shape index (κ3) is 3.82. The number of benzene rings is 1. The van der Waals surface area contributed by atoms with Gasteiger partial charge in [-0.3, -0.25) is 4.79 Å². The Morgan fingerprint density at radius 1 is 1.36 bits per heavy atom. The molecule has 1 aliphatic carbocycles. The molecule has 1 saturated carbocycles. The second kappa shape index (κ2) is 7.03. The zero-order valence-corrected chi connectivity index (χ0v) is 12.3. The van der Waals surface area contributed by atoms with Crippen molar-refractivity contribution in [3.63, 3.8) is 0 Å². The van der Waals surface area contributed by atoms with Gasteiger partial charge in [0.1, 0.15) is 11.9 Å². The lowest BCUT2D eigenvalue weighted by atomic mass is 9.87. The Kier molecular flexibility index (Phi) is 5.10. The maximum atomic E-state index is 13.6. The van der Waals surface area contributed by atoms with Crippen molar-refractivity contribution in [2.75, 3.05) is 5.32 Å². The lowest BCUT2D eigenvalue weighted by molar-refractivity contribution is -0.114. The summed E-state index contributed by atoms with van der Waals surface area (Å²) >= 11 is 0. The van der Waals surface area contributed by atoms with Crippen LogP contribution in [0.4, 0.5) is 10.1 Å². The molecule has 0 heterocycles. The summed E-state index contributed by atoms with van der Waals surface area (Å²) in [4.78, 5) is 23.2. The van der Waals surface area contributed by atoms with E-state index >= 15 is 0 Å². The van der Waals surface area contributed by atoms with Crippen LogP contribution in [-0.4, -0.2) is 18.0 Å². The number of ether oxygens (including phenoxy) is 1. The molecule has 0 aliphatic heterocycles. The van der Waals surface area contributed by atoms with E-state index in [-0.39, 0.29) is 17.2 Å². The van der Waals surface area contributed by atoms with Gasteiger partial charge >= 0.3 is 5.97 Å². The first-order chi connectivity index (χ1) is 10.5. The first-order valence-corrected chi connectivity index (χ1v) is 7.19. The van der Waals surface area contributed by atoms with Crippen LogP contribution in [0.1, 0.15) is 43.0 Å². The second-order valence-corrected chi connectivity index (χ2v) is 5.34. The van der Waals surface area contributed by atoms with Crippen LogP contribution < -0.4 is 5.32 Å². The first kappa shape index (κ1) is 16.0. The summed E-state index contributed by atoms with van der Waals surface area (Å²) in [7, 11) is 0. The monoisotopic (exact) mass is 304 g/mol. The number of anilines is 1. The molecule has 22 heavy (non-hydrogen) atoms. The summed E-state index contributed by atoms with van der Waals surface area (Å²) in [6, 6.07) is 5.80. The fourth-order valence-electron chi connectivity index (χ4n) is 2.53. The number of halogens is 1. The molecule has 1 amide bonds. The van der Waals surface area contributed by atoms with Gasteiger partial charge in [0.2, 0.25) is 5.91 Å². The van der Waals surface area contributed by atoms with Gasteiger partial charge in [-0.15, -0.1) is 0 Å². The van der Waals surface area contributed by atoms with E-state index in [1.54, 1.807) is 0 Å². The average molecular weight is 304 g/mol. The summed E-state index contributed by atoms with van der Waals surface area (Å²) in [6.07, 6.45) is 2.81. The quantitative estimate of drug-likeness (QED) is 0.870. The SMILES string of the molecule is CC(=O)Nc1cc(C(=O)O[C@H]2CCCC[C@@H]2C#N)ccc1F. The van der Waals surface area contributed by atoms with Crippen molar-refractivity contribution in [3.05, 3.63) is 29.6 Å². The predicted molar refractivity (Wildman–Crippen MR) is 77.5 cm³/mol. The number of hydrogen-bond acceptors (Lipinski definition) is 4. The molecule has 1 N–H and O–H groups in total. The zero-order chi connectivity index (χ0) is 16.1. The third-order valence-corrected chi connectivity index (χ3v) is 3.64. The standard InChI is InChI=1S/C16H17FN2O3/c1-10(20)19-14-8-11(6-7-13(14)17)16(21)22-15-5-3-2-4-12(15)9-18/h6-8,12,15H,2-5H2,1H3,(H,19,20)/t12-,15+/m1/s1. The number of carbonyl (C=O) groups excluding carboxylic acids is 2. The van der Waals surface area contributed by atoms with Crippen molar-refractivity contribution < 1.29 is 18.7 Å². The molecule has 116 valence electrons. The number of hydrogen-bond donors (Lipinski definition) is 1. The molecule has 0 unspecified atom stereocenters. The van der Waals surface area contributed by atoms with Gasteiger partial charge in [-0.25, -0.2) is 9.18 Å². The van der Waals surface area contributed by atoms with E-state index < -0.39 is 23.8 Å². The largest absolute Gasteiger partial charge is 0.457 e. The maximum Gasteiger partial charge on any atom is 0.338 e. The Bertz CT molecular complexity index is 624. The molecular formula is C16H17FN2O3. The molecule has 5 nitrogen and oxygen atoms in total. The van der Waals surface area contributed by atoms with Crippen LogP contribution in [-0.2, 0) is 9.53 Å². The van der Waals surface area contributed by atoms with E-state index in [0.717, 1.165) is 25.3 Å². The van der Waals surface area contributed by atoms with E-state index in [4.69, 9.17) is 10.00 Å². The van der Waals surface area contributed by atoms with Gasteiger partial charge in [0.05, 0.1) is 23.2 Å². The molecular weight excluding hydrogens is 287 g/mol. The van der Waals surface area contributed by atoms with Gasteiger partial charge in [0, 0.05) is 6.92 Å². The van der Waals surface area contributed by atoms with Gasteiger partial charge in [0.25, 0.3) is 0 Å². The number of nitriles is 1. The van der Waals surface area contributed by atoms with Crippen LogP contribution in [0.3, 0.4) is 0 Å². The van der Waals surface area contributed by atoms with Crippen LogP contribution >= 0.6 is 0 Å². The van der Waals surface area contributed by atoms with E-state index in [0.29, 0.717) is 6.42 Å². The van der Waals surface area contributed by atoms with Gasteiger partial charge in [0.15, 0.2) is 0 Å². The van der Waals surface area contributed by atoms with Gasteiger partial charge < -0.3 is 10.1 Å². The molecule has 0 radical (unpaired) electrons. The van der Waals surface area contributed by atoms with E-state index in [9.17, 15) is 14.0 Å². The fraction of sp³-hybridized carbons (Fsp3) is 0.438. The number of carbonyl (C=O) groups is 2. The molecule has 1 aliphatic rings. The molecule has 0 spiro atoms. The number of nitrogens with one attached hydrogen (secondary N) is 1. The minimum Gasteiger partial charge on any atom is -0.457 e. The maximum absolute atomic E-state index is 13.6. The summed E-state index contributed by atoms with van der Waals surface area (Å²) in [5, 5.41) is 11.4. The van der Waals surface area contributed by atoms with E-state index in [2.05, 4.69) is 11.4 Å². The molecule has 1 fully saturated rings. The highest BCUT2D eigenvalue weighted by molar-refractivity contribution is 5.93. The molecule has 0 saturated heterocycles. The van der Waals surface area contributed by atoms with Gasteiger partial charge in [-0.2, -0.15) is 5.26 Å². The summed E-state index contributed by atoms with van der Waals surface area (Å²) in [5.74, 6) is -1.97. The molecule has 1 aromatic carbocycles. The molecule has 2 rings (SSSR count). The van der Waals surface area contributed by atoms with Crippen LogP contribution in [0.5, 0.6) is 0 Å². The van der Waals surface area contributed by atoms with Crippen molar-refractivity contribution in [2.45, 2.75) is 38.7 Å². The van der Waals surface area contributed by atoms with Crippen LogP contribution in [0, 0.1) is 23.1 Å². The topological polar surface area (TPSA) is 79.2 Å². The molecule has 6 heteroatoms. The number of amides is 1. The molecule has 2 atom stereocenters. The predicted octanol–water partition coefficient (Wildman–Crippen LogP) is 3.02. The molecule has 0 aromatic heterocycles. The lowest BCUT2D eigenvalue weighted by Crippen LogP contribution is -2.29. The van der Waals surface area contributed by atoms with Crippen LogP contribution in [0.15, 0.2) is 18.2 Å². The van der Waals surface area contributed by atoms with Crippen LogP contribution in [0.25, 0.3) is 0 Å². The zero-order valence-electron chi connectivity index (χ0n) is 12.3. The Labute approximate surface area is 128 Å². The van der Waals surface area contributed by atoms with Crippen molar-refractivity contribution in [1.82, 2.24) is 0 Å². The normalized spacial score (nSPS) is 20.8. The minimum atomic E-state index is -0.626. The number of esters is 1. The van der Waals surface area contributed by atoms with Crippen molar-refractivity contribution >= 4 is 17.6 Å². The Morgan fingerprint density at radius 3 is 2.77 bits per heavy atom. The molecule has 0 bridgehead atoms. The second-order valence-electron chi connectivity index (χ2n) is 5.34. The van der Waals surface area contributed by atoms with E-state index in [1.807, 2.05) is 0 Å². The summed E-state index contributed by atoms with van der Waals surface area (Å²) in [6.45, 7) is 1.25. The minimum absolute atomic E-state index is 0.0672. The Balaban J connectivity index is 2.12. The van der Waals surface area contributed by atoms with Crippen LogP contribution in [0.2, 0.25) is 0 Å². The third-order valence-electron chi connectivity index (χ3n) is 3.64. The van der Waals surface area contributed by atoms with Gasteiger partial charge in [-0.1, -0.05) is 6.42 Å². The lowest BCUT2D eigenvalue weighted by Gasteiger charge is -2.26. The van der Waals surface area contributed by atoms with Crippen molar-refractivity contribution in [2.24, 2.45) is 5.92 Å². The van der Waals surface area contributed by atoms with Crippen molar-refractivity contribution in [3.8, 4) is 6.07 Å². The highest BCUT2D eigenvalue weighted by atomic mass is 19.1. The highest BCUT2D eigenvalue weighted by Crippen LogP contribution is 2.27. The number of nitrogens with zero attached hydrogens (tertiary/aromatic N) is 1. The molecule has 1 aromatic rings. The fourth-order valence-corrected chi connectivity index (χ4v) is 2.53. The first-order valence-electron chi connectivity index (χ1n) is 7.19. The Hall–Kier alpha value is -2.42. The highest BCUT2D eigenvalue weighted by Gasteiger charge is 2.28. The number of rotatable bonds is 3. The summed E-state index contributed by atoms with van der Waals surface area (Å²) < 4.78 is 18.9. The summed E-state index contributed by atoms with van der Waals surface area (Å²) in [5.41, 5.74) is 0.0786.